The van der Waals surface area contributed by atoms with E-state index in [9.17, 15) is 14.3 Å². The van der Waals surface area contributed by atoms with Crippen molar-refractivity contribution in [2.45, 2.75) is 19.0 Å². The van der Waals surface area contributed by atoms with E-state index in [1.165, 1.54) is 12.1 Å². The maximum Gasteiger partial charge on any atom is 0.242 e. The van der Waals surface area contributed by atoms with Crippen molar-refractivity contribution in [1.29, 1.82) is 0 Å². The van der Waals surface area contributed by atoms with Gasteiger partial charge >= 0.3 is 0 Å². The van der Waals surface area contributed by atoms with Gasteiger partial charge in [0, 0.05) is 5.39 Å². The number of halogens is 1. The van der Waals surface area contributed by atoms with Crippen LogP contribution in [0.15, 0.2) is 54.7 Å². The number of carbonyl (C=O) groups is 1. The van der Waals surface area contributed by atoms with Crippen molar-refractivity contribution in [2.75, 3.05) is 6.61 Å². The van der Waals surface area contributed by atoms with Crippen molar-refractivity contribution in [3.05, 3.63) is 66.1 Å². The SMILES string of the molecule is O=C(Cn1ncc2ccccc21)N[C@H](CO)Cc1ccc(F)cc1. The van der Waals surface area contributed by atoms with E-state index in [-0.39, 0.29) is 24.9 Å². The van der Waals surface area contributed by atoms with Crippen LogP contribution in [-0.4, -0.2) is 33.4 Å². The zero-order chi connectivity index (χ0) is 16.9. The molecule has 6 heteroatoms. The Bertz CT molecular complexity index is 830. The molecule has 1 atom stereocenters. The molecule has 2 aromatic carbocycles. The molecule has 1 aromatic heterocycles. The van der Waals surface area contributed by atoms with Crippen molar-refractivity contribution in [3.8, 4) is 0 Å². The van der Waals surface area contributed by atoms with Gasteiger partial charge in [-0.15, -0.1) is 0 Å². The number of hydrogen-bond donors (Lipinski definition) is 2. The van der Waals surface area contributed by atoms with Gasteiger partial charge in [-0.1, -0.05) is 30.3 Å². The third-order valence-corrected chi connectivity index (χ3v) is 3.83. The zero-order valence-electron chi connectivity index (χ0n) is 13.0. The highest BCUT2D eigenvalue weighted by Gasteiger charge is 2.14. The first-order valence-corrected chi connectivity index (χ1v) is 7.71. The molecule has 0 aliphatic heterocycles. The van der Waals surface area contributed by atoms with Crippen molar-refractivity contribution in [2.24, 2.45) is 0 Å². The number of aliphatic hydroxyl groups excluding tert-OH is 1. The second-order valence-electron chi connectivity index (χ2n) is 5.64. The quantitative estimate of drug-likeness (QED) is 0.727. The summed E-state index contributed by atoms with van der Waals surface area (Å²) in [4.78, 5) is 12.2. The van der Waals surface area contributed by atoms with E-state index in [2.05, 4.69) is 10.4 Å². The predicted molar refractivity (Wildman–Crippen MR) is 88.9 cm³/mol. The van der Waals surface area contributed by atoms with E-state index in [1.807, 2.05) is 24.3 Å². The van der Waals surface area contributed by atoms with Crippen LogP contribution in [0.2, 0.25) is 0 Å². The highest BCUT2D eigenvalue weighted by molar-refractivity contribution is 5.82. The molecule has 0 saturated heterocycles. The monoisotopic (exact) mass is 327 g/mol. The average Bonchev–Trinajstić information content (AvgIpc) is 2.99. The number of rotatable bonds is 6. The van der Waals surface area contributed by atoms with Gasteiger partial charge in [-0.25, -0.2) is 4.39 Å². The molecule has 0 aliphatic rings. The Labute approximate surface area is 138 Å². The van der Waals surface area contributed by atoms with Crippen molar-refractivity contribution in [3.63, 3.8) is 0 Å². The molecule has 3 rings (SSSR count). The average molecular weight is 327 g/mol. The lowest BCUT2D eigenvalue weighted by molar-refractivity contribution is -0.122. The van der Waals surface area contributed by atoms with Crippen LogP contribution in [0.4, 0.5) is 4.39 Å². The first-order chi connectivity index (χ1) is 11.7. The van der Waals surface area contributed by atoms with Crippen molar-refractivity contribution < 1.29 is 14.3 Å². The standard InChI is InChI=1S/C18H18FN3O2/c19-15-7-5-13(6-8-15)9-16(12-23)21-18(24)11-22-17-4-2-1-3-14(17)10-20-22/h1-8,10,16,23H,9,11-12H2,(H,21,24)/t16-/m0/s1. The lowest BCUT2D eigenvalue weighted by Gasteiger charge is -2.16. The summed E-state index contributed by atoms with van der Waals surface area (Å²) in [5.41, 5.74) is 1.73. The van der Waals surface area contributed by atoms with Gasteiger partial charge < -0.3 is 10.4 Å². The van der Waals surface area contributed by atoms with Crippen LogP contribution in [0.5, 0.6) is 0 Å². The molecule has 0 unspecified atom stereocenters. The van der Waals surface area contributed by atoms with E-state index in [0.717, 1.165) is 16.5 Å². The highest BCUT2D eigenvalue weighted by atomic mass is 19.1. The molecule has 1 amide bonds. The topological polar surface area (TPSA) is 67.2 Å². The van der Waals surface area contributed by atoms with Crippen LogP contribution in [0.25, 0.3) is 10.9 Å². The number of hydrogen-bond acceptors (Lipinski definition) is 3. The molecule has 0 bridgehead atoms. The van der Waals surface area contributed by atoms with Crippen molar-refractivity contribution in [1.82, 2.24) is 15.1 Å². The van der Waals surface area contributed by atoms with Crippen LogP contribution < -0.4 is 5.32 Å². The number of nitrogens with zero attached hydrogens (tertiary/aromatic N) is 2. The van der Waals surface area contributed by atoms with Gasteiger partial charge in [0.05, 0.1) is 24.4 Å². The number of carbonyl (C=O) groups excluding carboxylic acids is 1. The summed E-state index contributed by atoms with van der Waals surface area (Å²) in [5, 5.41) is 17.4. The summed E-state index contributed by atoms with van der Waals surface area (Å²) in [6.45, 7) is -0.115. The Balaban J connectivity index is 1.63. The summed E-state index contributed by atoms with van der Waals surface area (Å²) in [6.07, 6.45) is 2.15. The largest absolute Gasteiger partial charge is 0.394 e. The number of amides is 1. The molecular formula is C18H18FN3O2. The number of aliphatic hydroxyl groups is 1. The maximum absolute atomic E-state index is 12.9. The number of benzene rings is 2. The summed E-state index contributed by atoms with van der Waals surface area (Å²) in [6, 6.07) is 13.2. The Morgan fingerprint density at radius 1 is 1.21 bits per heavy atom. The molecule has 0 radical (unpaired) electrons. The van der Waals surface area contributed by atoms with Gasteiger partial charge in [0.2, 0.25) is 5.91 Å². The fraction of sp³-hybridized carbons (Fsp3) is 0.222. The Morgan fingerprint density at radius 3 is 2.71 bits per heavy atom. The first-order valence-electron chi connectivity index (χ1n) is 7.71. The number of para-hydroxylation sites is 1. The summed E-state index contributed by atoms with van der Waals surface area (Å²) in [5.74, 6) is -0.543. The molecule has 0 saturated carbocycles. The molecular weight excluding hydrogens is 309 g/mol. The van der Waals surface area contributed by atoms with Gasteiger partial charge in [0.25, 0.3) is 0 Å². The van der Waals surface area contributed by atoms with E-state index in [1.54, 1.807) is 23.0 Å². The van der Waals surface area contributed by atoms with E-state index < -0.39 is 6.04 Å². The lowest BCUT2D eigenvalue weighted by atomic mass is 10.1. The molecule has 0 aliphatic carbocycles. The molecule has 5 nitrogen and oxygen atoms in total. The number of fused-ring (bicyclic) bond motifs is 1. The van der Waals surface area contributed by atoms with E-state index in [4.69, 9.17) is 0 Å². The van der Waals surface area contributed by atoms with Crippen LogP contribution >= 0.6 is 0 Å². The van der Waals surface area contributed by atoms with Gasteiger partial charge in [-0.3, -0.25) is 9.48 Å². The van der Waals surface area contributed by atoms with Gasteiger partial charge in [-0.05, 0) is 30.2 Å². The predicted octanol–water partition coefficient (Wildman–Crippen LogP) is 1.90. The molecule has 0 fully saturated rings. The van der Waals surface area contributed by atoms with E-state index in [0.29, 0.717) is 6.42 Å². The summed E-state index contributed by atoms with van der Waals surface area (Å²) < 4.78 is 14.5. The third-order valence-electron chi connectivity index (χ3n) is 3.83. The first kappa shape index (κ1) is 16.1. The molecule has 24 heavy (non-hydrogen) atoms. The molecule has 124 valence electrons. The van der Waals surface area contributed by atoms with E-state index >= 15 is 0 Å². The summed E-state index contributed by atoms with van der Waals surface area (Å²) >= 11 is 0. The minimum Gasteiger partial charge on any atom is -0.394 e. The molecule has 0 spiro atoms. The molecule has 3 aromatic rings. The normalized spacial score (nSPS) is 12.2. The Hall–Kier alpha value is -2.73. The second kappa shape index (κ2) is 7.23. The fourth-order valence-corrected chi connectivity index (χ4v) is 2.63. The lowest BCUT2D eigenvalue weighted by Crippen LogP contribution is -2.40. The van der Waals surface area contributed by atoms with Gasteiger partial charge in [-0.2, -0.15) is 5.10 Å². The Morgan fingerprint density at radius 2 is 1.96 bits per heavy atom. The third kappa shape index (κ3) is 3.78. The minimum atomic E-state index is -0.426. The number of nitrogens with one attached hydrogen (secondary N) is 1. The second-order valence-corrected chi connectivity index (χ2v) is 5.64. The highest BCUT2D eigenvalue weighted by Crippen LogP contribution is 2.12. The maximum atomic E-state index is 12.9. The van der Waals surface area contributed by atoms with Crippen molar-refractivity contribution >= 4 is 16.8 Å². The minimum absolute atomic E-state index is 0.0768. The van der Waals surface area contributed by atoms with Crippen LogP contribution in [0.3, 0.4) is 0 Å². The molecule has 1 heterocycles. The smallest absolute Gasteiger partial charge is 0.242 e. The molecule has 2 N–H and O–H groups in total. The van der Waals surface area contributed by atoms with Gasteiger partial charge in [0.15, 0.2) is 0 Å². The number of aromatic nitrogens is 2. The van der Waals surface area contributed by atoms with Gasteiger partial charge in [0.1, 0.15) is 12.4 Å². The summed E-state index contributed by atoms with van der Waals surface area (Å²) in [7, 11) is 0. The Kier molecular flexibility index (Phi) is 4.86. The zero-order valence-corrected chi connectivity index (χ0v) is 13.0. The van der Waals surface area contributed by atoms with Crippen LogP contribution in [0, 0.1) is 5.82 Å². The van der Waals surface area contributed by atoms with Crippen LogP contribution in [-0.2, 0) is 17.8 Å². The fourth-order valence-electron chi connectivity index (χ4n) is 2.63. The van der Waals surface area contributed by atoms with Crippen LogP contribution in [0.1, 0.15) is 5.56 Å².